The molecule has 0 saturated carbocycles. The highest BCUT2D eigenvalue weighted by atomic mass is 32.2. The summed E-state index contributed by atoms with van der Waals surface area (Å²) in [5.41, 5.74) is 2.78. The second-order valence-electron chi connectivity index (χ2n) is 7.06. The Labute approximate surface area is 163 Å². The molecule has 4 rings (SSSR count). The number of aryl methyl sites for hydroxylation is 2. The van der Waals surface area contributed by atoms with E-state index < -0.39 is 15.7 Å². The Kier molecular flexibility index (Phi) is 4.81. The zero-order valence-corrected chi connectivity index (χ0v) is 16.6. The van der Waals surface area contributed by atoms with Crippen molar-refractivity contribution in [2.75, 3.05) is 31.2 Å². The molecule has 0 radical (unpaired) electrons. The van der Waals surface area contributed by atoms with Crippen LogP contribution in [0.15, 0.2) is 52.4 Å². The third kappa shape index (κ3) is 3.36. The maximum absolute atomic E-state index is 14.0. The fourth-order valence-electron chi connectivity index (χ4n) is 3.66. The van der Waals surface area contributed by atoms with Crippen LogP contribution in [0.2, 0.25) is 0 Å². The maximum Gasteiger partial charge on any atom is 0.210 e. The molecule has 0 atom stereocenters. The van der Waals surface area contributed by atoms with Gasteiger partial charge in [0.1, 0.15) is 10.7 Å². The number of nitrogens with zero attached hydrogens (tertiary/aromatic N) is 2. The van der Waals surface area contributed by atoms with Gasteiger partial charge in [0.15, 0.2) is 0 Å². The highest BCUT2D eigenvalue weighted by Gasteiger charge is 2.28. The predicted octanol–water partition coefficient (Wildman–Crippen LogP) is 3.66. The van der Waals surface area contributed by atoms with Gasteiger partial charge in [0, 0.05) is 24.7 Å². The number of hydrogen-bond acceptors (Lipinski definition) is 5. The second kappa shape index (κ2) is 7.14. The molecule has 1 aliphatic heterocycles. The smallest absolute Gasteiger partial charge is 0.210 e. The van der Waals surface area contributed by atoms with E-state index in [1.54, 1.807) is 18.2 Å². The molecule has 1 saturated heterocycles. The standard InChI is InChI=1S/C21H21FN2O3S/c1-14-9-15(2)11-17(10-14)28(25,26)20-13-23-19-4-3-16(22)12-18(19)21(20)24-5-7-27-8-6-24/h3-4,9-13H,5-8H2,1-2H3. The van der Waals surface area contributed by atoms with Gasteiger partial charge >= 0.3 is 0 Å². The summed E-state index contributed by atoms with van der Waals surface area (Å²) in [5.74, 6) is -0.426. The quantitative estimate of drug-likeness (QED) is 0.672. The molecule has 1 fully saturated rings. The first-order valence-electron chi connectivity index (χ1n) is 9.10. The van der Waals surface area contributed by atoms with Crippen molar-refractivity contribution in [1.29, 1.82) is 0 Å². The van der Waals surface area contributed by atoms with Crippen LogP contribution in [0.3, 0.4) is 0 Å². The number of morpholine rings is 1. The molecule has 1 aromatic heterocycles. The summed E-state index contributed by atoms with van der Waals surface area (Å²) in [5, 5.41) is 0.493. The molecule has 146 valence electrons. The van der Waals surface area contributed by atoms with Crippen LogP contribution < -0.4 is 4.90 Å². The van der Waals surface area contributed by atoms with Crippen molar-refractivity contribution >= 4 is 26.4 Å². The van der Waals surface area contributed by atoms with Gasteiger partial charge in [-0.1, -0.05) is 6.07 Å². The average Bonchev–Trinajstić information content (AvgIpc) is 2.67. The van der Waals surface area contributed by atoms with Crippen molar-refractivity contribution < 1.29 is 17.5 Å². The van der Waals surface area contributed by atoms with E-state index in [4.69, 9.17) is 4.74 Å². The Hall–Kier alpha value is -2.51. The van der Waals surface area contributed by atoms with Crippen LogP contribution in [0.5, 0.6) is 0 Å². The van der Waals surface area contributed by atoms with E-state index in [1.165, 1.54) is 18.3 Å². The van der Waals surface area contributed by atoms with Crippen LogP contribution >= 0.6 is 0 Å². The molecule has 2 heterocycles. The molecule has 3 aromatic rings. The number of hydrogen-bond donors (Lipinski definition) is 0. The molecule has 1 aliphatic rings. The number of pyridine rings is 1. The molecule has 7 heteroatoms. The summed E-state index contributed by atoms with van der Waals surface area (Å²) in [7, 11) is -3.84. The van der Waals surface area contributed by atoms with Crippen molar-refractivity contribution in [3.05, 3.63) is 59.5 Å². The van der Waals surface area contributed by atoms with Crippen molar-refractivity contribution in [3.63, 3.8) is 0 Å². The number of benzene rings is 2. The summed E-state index contributed by atoms with van der Waals surface area (Å²) < 4.78 is 46.5. The number of halogens is 1. The molecule has 0 unspecified atom stereocenters. The predicted molar refractivity (Wildman–Crippen MR) is 106 cm³/mol. The first kappa shape index (κ1) is 18.8. The van der Waals surface area contributed by atoms with Crippen LogP contribution in [0.1, 0.15) is 11.1 Å². The molecule has 0 spiro atoms. The van der Waals surface area contributed by atoms with Gasteiger partial charge in [-0.3, -0.25) is 4.98 Å². The van der Waals surface area contributed by atoms with Crippen molar-refractivity contribution in [2.24, 2.45) is 0 Å². The van der Waals surface area contributed by atoms with Gasteiger partial charge < -0.3 is 9.64 Å². The lowest BCUT2D eigenvalue weighted by Crippen LogP contribution is -2.37. The van der Waals surface area contributed by atoms with Crippen LogP contribution in [0.4, 0.5) is 10.1 Å². The zero-order chi connectivity index (χ0) is 19.9. The maximum atomic E-state index is 14.0. The van der Waals surface area contributed by atoms with Crippen LogP contribution in [0, 0.1) is 19.7 Å². The summed E-state index contributed by atoms with van der Waals surface area (Å²) in [6.45, 7) is 5.77. The highest BCUT2D eigenvalue weighted by Crippen LogP contribution is 2.36. The third-order valence-corrected chi connectivity index (χ3v) is 6.62. The number of aromatic nitrogens is 1. The van der Waals surface area contributed by atoms with Crippen molar-refractivity contribution in [1.82, 2.24) is 4.98 Å². The molecule has 2 aromatic carbocycles. The van der Waals surface area contributed by atoms with E-state index >= 15 is 0 Å². The normalized spacial score (nSPS) is 15.2. The number of ether oxygens (including phenoxy) is 1. The fraction of sp³-hybridized carbons (Fsp3) is 0.286. The van der Waals surface area contributed by atoms with E-state index in [1.807, 2.05) is 24.8 Å². The van der Waals surface area contributed by atoms with Crippen LogP contribution in [0.25, 0.3) is 10.9 Å². The first-order valence-corrected chi connectivity index (χ1v) is 10.6. The molecular formula is C21H21FN2O3S. The van der Waals surface area contributed by atoms with Crippen molar-refractivity contribution in [2.45, 2.75) is 23.6 Å². The number of sulfone groups is 1. The summed E-state index contributed by atoms with van der Waals surface area (Å²) in [6, 6.07) is 9.49. The molecule has 0 N–H and O–H groups in total. The van der Waals surface area contributed by atoms with E-state index in [0.717, 1.165) is 11.1 Å². The summed E-state index contributed by atoms with van der Waals surface area (Å²) >= 11 is 0. The number of rotatable bonds is 3. The van der Waals surface area contributed by atoms with Gasteiger partial charge in [-0.05, 0) is 55.3 Å². The lowest BCUT2D eigenvalue weighted by atomic mass is 10.1. The van der Waals surface area contributed by atoms with Crippen molar-refractivity contribution in [3.8, 4) is 0 Å². The Morgan fingerprint density at radius 3 is 2.39 bits per heavy atom. The minimum Gasteiger partial charge on any atom is -0.378 e. The first-order chi connectivity index (χ1) is 13.4. The fourth-order valence-corrected chi connectivity index (χ4v) is 5.28. The van der Waals surface area contributed by atoms with Crippen LogP contribution in [-0.2, 0) is 14.6 Å². The Bertz CT molecular complexity index is 1140. The average molecular weight is 400 g/mol. The SMILES string of the molecule is Cc1cc(C)cc(S(=O)(=O)c2cnc3ccc(F)cc3c2N2CCOCC2)c1. The van der Waals surface area contributed by atoms with E-state index in [-0.39, 0.29) is 9.79 Å². The van der Waals surface area contributed by atoms with Crippen LogP contribution in [-0.4, -0.2) is 39.7 Å². The third-order valence-electron chi connectivity index (χ3n) is 4.89. The van der Waals surface area contributed by atoms with E-state index in [9.17, 15) is 12.8 Å². The topological polar surface area (TPSA) is 59.5 Å². The minimum atomic E-state index is -3.84. The van der Waals surface area contributed by atoms with Gasteiger partial charge in [-0.25, -0.2) is 12.8 Å². The molecule has 0 amide bonds. The molecular weight excluding hydrogens is 379 g/mol. The van der Waals surface area contributed by atoms with Gasteiger partial charge in [-0.2, -0.15) is 0 Å². The lowest BCUT2D eigenvalue weighted by Gasteiger charge is -2.31. The van der Waals surface area contributed by atoms with E-state index in [2.05, 4.69) is 4.98 Å². The van der Waals surface area contributed by atoms with Gasteiger partial charge in [0.05, 0.1) is 29.3 Å². The van der Waals surface area contributed by atoms with Gasteiger partial charge in [0.2, 0.25) is 9.84 Å². The number of anilines is 1. The van der Waals surface area contributed by atoms with Gasteiger partial charge in [0.25, 0.3) is 0 Å². The highest BCUT2D eigenvalue weighted by molar-refractivity contribution is 7.91. The summed E-state index contributed by atoms with van der Waals surface area (Å²) in [4.78, 5) is 6.57. The Morgan fingerprint density at radius 1 is 1.04 bits per heavy atom. The Balaban J connectivity index is 2.00. The minimum absolute atomic E-state index is 0.0949. The summed E-state index contributed by atoms with van der Waals surface area (Å²) in [6.07, 6.45) is 1.39. The molecule has 0 bridgehead atoms. The zero-order valence-electron chi connectivity index (χ0n) is 15.8. The second-order valence-corrected chi connectivity index (χ2v) is 8.98. The molecule has 28 heavy (non-hydrogen) atoms. The van der Waals surface area contributed by atoms with E-state index in [0.29, 0.717) is 42.9 Å². The Morgan fingerprint density at radius 2 is 1.71 bits per heavy atom. The monoisotopic (exact) mass is 400 g/mol. The number of fused-ring (bicyclic) bond motifs is 1. The largest absolute Gasteiger partial charge is 0.378 e. The molecule has 0 aliphatic carbocycles. The van der Waals surface area contributed by atoms with Gasteiger partial charge in [-0.15, -0.1) is 0 Å². The molecule has 5 nitrogen and oxygen atoms in total. The lowest BCUT2D eigenvalue weighted by molar-refractivity contribution is 0.122.